The molecule has 1 saturated heterocycles. The molecule has 100 valence electrons. The molecule has 18 heavy (non-hydrogen) atoms. The highest BCUT2D eigenvalue weighted by Gasteiger charge is 2.30. The maximum absolute atomic E-state index is 12.5. The third-order valence-corrected chi connectivity index (χ3v) is 3.87. The Morgan fingerprint density at radius 2 is 2.33 bits per heavy atom. The number of aliphatic hydroxyl groups excluding tert-OH is 1. The van der Waals surface area contributed by atoms with E-state index in [9.17, 15) is 9.90 Å². The number of hydrogen-bond acceptors (Lipinski definition) is 2. The van der Waals surface area contributed by atoms with Gasteiger partial charge in [-0.15, -0.1) is 0 Å². The van der Waals surface area contributed by atoms with Crippen molar-refractivity contribution in [3.05, 3.63) is 22.4 Å². The van der Waals surface area contributed by atoms with Crippen molar-refractivity contribution >= 4 is 21.8 Å². The van der Waals surface area contributed by atoms with Crippen molar-refractivity contribution in [1.82, 2.24) is 9.47 Å². The van der Waals surface area contributed by atoms with Crippen LogP contribution in [0.15, 0.2) is 16.7 Å². The summed E-state index contributed by atoms with van der Waals surface area (Å²) >= 11 is 3.42. The van der Waals surface area contributed by atoms with E-state index in [0.29, 0.717) is 5.69 Å². The zero-order valence-electron chi connectivity index (χ0n) is 10.8. The maximum atomic E-state index is 12.5. The van der Waals surface area contributed by atoms with Gasteiger partial charge >= 0.3 is 0 Å². The molecule has 1 aromatic rings. The van der Waals surface area contributed by atoms with Crippen LogP contribution in [0.4, 0.5) is 0 Å². The molecule has 0 saturated carbocycles. The number of aromatic nitrogens is 1. The first-order valence-electron chi connectivity index (χ1n) is 6.33. The van der Waals surface area contributed by atoms with Crippen molar-refractivity contribution in [2.75, 3.05) is 13.2 Å². The van der Waals surface area contributed by atoms with Gasteiger partial charge in [0, 0.05) is 23.3 Å². The smallest absolute Gasteiger partial charge is 0.270 e. The van der Waals surface area contributed by atoms with Crippen molar-refractivity contribution < 1.29 is 9.90 Å². The molecule has 1 aliphatic heterocycles. The van der Waals surface area contributed by atoms with Crippen molar-refractivity contribution in [3.63, 3.8) is 0 Å². The van der Waals surface area contributed by atoms with Gasteiger partial charge in [-0.05, 0) is 48.7 Å². The topological polar surface area (TPSA) is 45.5 Å². The van der Waals surface area contributed by atoms with Gasteiger partial charge < -0.3 is 14.6 Å². The van der Waals surface area contributed by atoms with Crippen LogP contribution in [0.25, 0.3) is 0 Å². The summed E-state index contributed by atoms with van der Waals surface area (Å²) in [5.41, 5.74) is 0.692. The van der Waals surface area contributed by atoms with E-state index in [4.69, 9.17) is 0 Å². The summed E-state index contributed by atoms with van der Waals surface area (Å²) in [5.74, 6) is 0.0194. The fraction of sp³-hybridized carbons (Fsp3) is 0.615. The van der Waals surface area contributed by atoms with E-state index in [1.807, 2.05) is 16.8 Å². The van der Waals surface area contributed by atoms with Gasteiger partial charge in [-0.3, -0.25) is 4.79 Å². The van der Waals surface area contributed by atoms with Crippen LogP contribution in [0, 0.1) is 0 Å². The minimum Gasteiger partial charge on any atom is -0.394 e. The van der Waals surface area contributed by atoms with Gasteiger partial charge in [-0.25, -0.2) is 0 Å². The third-order valence-electron chi connectivity index (χ3n) is 3.44. The number of nitrogens with zero attached hydrogens (tertiary/aromatic N) is 2. The molecule has 0 aromatic carbocycles. The number of hydrogen-bond donors (Lipinski definition) is 1. The van der Waals surface area contributed by atoms with Gasteiger partial charge in [-0.2, -0.15) is 0 Å². The fourth-order valence-electron chi connectivity index (χ4n) is 2.48. The molecular weight excluding hydrogens is 296 g/mol. The lowest BCUT2D eigenvalue weighted by atomic mass is 10.2. The highest BCUT2D eigenvalue weighted by atomic mass is 79.9. The Morgan fingerprint density at radius 1 is 1.61 bits per heavy atom. The highest BCUT2D eigenvalue weighted by molar-refractivity contribution is 9.10. The van der Waals surface area contributed by atoms with E-state index in [2.05, 4.69) is 29.8 Å². The first-order chi connectivity index (χ1) is 8.54. The van der Waals surface area contributed by atoms with Crippen molar-refractivity contribution in [1.29, 1.82) is 0 Å². The SMILES string of the molecule is CC(C)n1cc(Br)cc1C(=O)N1CCC[C@@H]1CO. The standard InChI is InChI=1S/C13H19BrN2O2/c1-9(2)16-7-10(14)6-12(16)13(18)15-5-3-4-11(15)8-17/h6-7,9,11,17H,3-5,8H2,1-2H3/t11-/m1/s1. The van der Waals surface area contributed by atoms with Crippen LogP contribution < -0.4 is 0 Å². The minimum atomic E-state index is -0.0215. The summed E-state index contributed by atoms with van der Waals surface area (Å²) in [6.45, 7) is 4.90. The average molecular weight is 315 g/mol. The van der Waals surface area contributed by atoms with Crippen LogP contribution in [0.5, 0.6) is 0 Å². The van der Waals surface area contributed by atoms with E-state index in [0.717, 1.165) is 23.9 Å². The second kappa shape index (κ2) is 5.45. The summed E-state index contributed by atoms with van der Waals surface area (Å²) < 4.78 is 2.89. The molecule has 0 radical (unpaired) electrons. The molecule has 1 atom stereocenters. The van der Waals surface area contributed by atoms with Crippen LogP contribution in [-0.4, -0.2) is 39.7 Å². The largest absolute Gasteiger partial charge is 0.394 e. The monoisotopic (exact) mass is 314 g/mol. The number of aliphatic hydroxyl groups is 1. The molecule has 1 aliphatic rings. The Hall–Kier alpha value is -0.810. The zero-order chi connectivity index (χ0) is 13.3. The Bertz CT molecular complexity index is 442. The average Bonchev–Trinajstić information content (AvgIpc) is 2.93. The number of rotatable bonds is 3. The van der Waals surface area contributed by atoms with Gasteiger partial charge in [0.25, 0.3) is 5.91 Å². The van der Waals surface area contributed by atoms with Gasteiger partial charge in [0.15, 0.2) is 0 Å². The van der Waals surface area contributed by atoms with Gasteiger partial charge in [0.05, 0.1) is 12.6 Å². The molecule has 1 N–H and O–H groups in total. The lowest BCUT2D eigenvalue weighted by Crippen LogP contribution is -2.38. The molecule has 0 aliphatic carbocycles. The highest BCUT2D eigenvalue weighted by Crippen LogP contribution is 2.24. The number of carbonyl (C=O) groups excluding carboxylic acids is 1. The summed E-state index contributed by atoms with van der Waals surface area (Å²) in [4.78, 5) is 14.3. The molecule has 0 bridgehead atoms. The molecule has 5 heteroatoms. The van der Waals surface area contributed by atoms with Crippen LogP contribution >= 0.6 is 15.9 Å². The van der Waals surface area contributed by atoms with Crippen LogP contribution in [0.1, 0.15) is 43.2 Å². The maximum Gasteiger partial charge on any atom is 0.270 e. The lowest BCUT2D eigenvalue weighted by molar-refractivity contribution is 0.0665. The van der Waals surface area contributed by atoms with Gasteiger partial charge in [-0.1, -0.05) is 0 Å². The summed E-state index contributed by atoms with van der Waals surface area (Å²) in [5, 5.41) is 9.31. The molecule has 4 nitrogen and oxygen atoms in total. The number of likely N-dealkylation sites (tertiary alicyclic amines) is 1. The predicted molar refractivity (Wildman–Crippen MR) is 73.7 cm³/mol. The summed E-state index contributed by atoms with van der Waals surface area (Å²) in [6, 6.07) is 2.08. The first-order valence-corrected chi connectivity index (χ1v) is 7.13. The number of halogens is 1. The van der Waals surface area contributed by atoms with Gasteiger partial charge in [0.1, 0.15) is 5.69 Å². The summed E-state index contributed by atoms with van der Waals surface area (Å²) in [7, 11) is 0. The molecule has 1 aromatic heterocycles. The molecular formula is C13H19BrN2O2. The Balaban J connectivity index is 2.28. The Morgan fingerprint density at radius 3 is 2.94 bits per heavy atom. The molecule has 2 heterocycles. The molecule has 0 unspecified atom stereocenters. The van der Waals surface area contributed by atoms with E-state index in [-0.39, 0.29) is 24.6 Å². The molecule has 0 spiro atoms. The van der Waals surface area contributed by atoms with Crippen molar-refractivity contribution in [3.8, 4) is 0 Å². The van der Waals surface area contributed by atoms with Crippen molar-refractivity contribution in [2.45, 2.75) is 38.8 Å². The van der Waals surface area contributed by atoms with E-state index >= 15 is 0 Å². The quantitative estimate of drug-likeness (QED) is 0.931. The zero-order valence-corrected chi connectivity index (χ0v) is 12.4. The molecule has 1 fully saturated rings. The minimum absolute atomic E-state index is 0.0194. The second-order valence-electron chi connectivity index (χ2n) is 5.02. The Kier molecular flexibility index (Phi) is 4.12. The fourth-order valence-corrected chi connectivity index (χ4v) is 2.92. The van der Waals surface area contributed by atoms with Crippen LogP contribution in [-0.2, 0) is 0 Å². The van der Waals surface area contributed by atoms with E-state index < -0.39 is 0 Å². The normalized spacial score (nSPS) is 19.8. The number of carbonyl (C=O) groups is 1. The first kappa shape index (κ1) is 13.6. The predicted octanol–water partition coefficient (Wildman–Crippen LogP) is 2.43. The summed E-state index contributed by atoms with van der Waals surface area (Å²) in [6.07, 6.45) is 3.80. The Labute approximate surface area is 116 Å². The van der Waals surface area contributed by atoms with Crippen LogP contribution in [0.2, 0.25) is 0 Å². The van der Waals surface area contributed by atoms with Crippen LogP contribution in [0.3, 0.4) is 0 Å². The third kappa shape index (κ3) is 2.47. The molecule has 1 amide bonds. The van der Waals surface area contributed by atoms with E-state index in [1.54, 1.807) is 4.90 Å². The number of amides is 1. The van der Waals surface area contributed by atoms with Crippen molar-refractivity contribution in [2.24, 2.45) is 0 Å². The molecule has 2 rings (SSSR count). The van der Waals surface area contributed by atoms with E-state index in [1.165, 1.54) is 0 Å². The van der Waals surface area contributed by atoms with Gasteiger partial charge in [0.2, 0.25) is 0 Å². The second-order valence-corrected chi connectivity index (χ2v) is 5.94. The lowest BCUT2D eigenvalue weighted by Gasteiger charge is -2.24.